The van der Waals surface area contributed by atoms with Crippen molar-refractivity contribution in [2.24, 2.45) is 0 Å². The van der Waals surface area contributed by atoms with Crippen molar-refractivity contribution in [2.75, 3.05) is 0 Å². The first-order valence-corrected chi connectivity index (χ1v) is 8.03. The molecule has 0 aliphatic heterocycles. The first-order chi connectivity index (χ1) is 12.8. The van der Waals surface area contributed by atoms with Crippen molar-refractivity contribution in [3.8, 4) is 11.3 Å². The van der Waals surface area contributed by atoms with Gasteiger partial charge in [0.1, 0.15) is 5.82 Å². The van der Waals surface area contributed by atoms with E-state index in [1.807, 2.05) is 0 Å². The topological polar surface area (TPSA) is 57.8 Å². The summed E-state index contributed by atoms with van der Waals surface area (Å²) >= 11 is 0. The Labute approximate surface area is 152 Å². The fourth-order valence-electron chi connectivity index (χ4n) is 2.64. The number of amides is 1. The van der Waals surface area contributed by atoms with Crippen LogP contribution in [0.1, 0.15) is 34.5 Å². The molecular formula is C19H15F4N3O. The zero-order valence-electron chi connectivity index (χ0n) is 14.1. The molecule has 3 aromatic rings. The van der Waals surface area contributed by atoms with Gasteiger partial charge in [-0.1, -0.05) is 12.1 Å². The number of carbonyl (C=O) groups is 1. The molecule has 1 amide bonds. The maximum atomic E-state index is 13.1. The molecule has 27 heavy (non-hydrogen) atoms. The standard InChI is InChI=1S/C19H15F4N3O/c1-11(13-3-2-4-14(9-13)19(21,22)23)25-18(27)16-10-24-26-17(16)12-5-7-15(20)8-6-12/h2-11H,1H3,(H,24,26)(H,25,27)/t11-/m1/s1. The normalized spacial score (nSPS) is 12.6. The van der Waals surface area contributed by atoms with Crippen molar-refractivity contribution in [1.82, 2.24) is 15.5 Å². The van der Waals surface area contributed by atoms with Gasteiger partial charge in [0, 0.05) is 5.56 Å². The lowest BCUT2D eigenvalue weighted by atomic mass is 10.0. The van der Waals surface area contributed by atoms with Crippen LogP contribution in [-0.4, -0.2) is 16.1 Å². The molecule has 0 aliphatic rings. The van der Waals surface area contributed by atoms with Crippen LogP contribution in [0, 0.1) is 5.82 Å². The van der Waals surface area contributed by atoms with Gasteiger partial charge in [0.25, 0.3) is 5.91 Å². The van der Waals surface area contributed by atoms with Gasteiger partial charge in [-0.15, -0.1) is 0 Å². The van der Waals surface area contributed by atoms with Crippen LogP contribution in [0.15, 0.2) is 54.7 Å². The van der Waals surface area contributed by atoms with Gasteiger partial charge in [0.2, 0.25) is 0 Å². The first kappa shape index (κ1) is 18.6. The van der Waals surface area contributed by atoms with Crippen molar-refractivity contribution in [3.05, 3.63) is 77.2 Å². The van der Waals surface area contributed by atoms with Gasteiger partial charge in [-0.25, -0.2) is 4.39 Å². The summed E-state index contributed by atoms with van der Waals surface area (Å²) in [6, 6.07) is 9.62. The molecule has 0 bridgehead atoms. The van der Waals surface area contributed by atoms with Crippen molar-refractivity contribution in [3.63, 3.8) is 0 Å². The minimum Gasteiger partial charge on any atom is -0.345 e. The number of aromatic amines is 1. The first-order valence-electron chi connectivity index (χ1n) is 8.03. The molecule has 0 fully saturated rings. The molecule has 0 radical (unpaired) electrons. The molecule has 1 aromatic heterocycles. The molecule has 0 saturated heterocycles. The van der Waals surface area contributed by atoms with Crippen LogP contribution in [0.5, 0.6) is 0 Å². The predicted molar refractivity (Wildman–Crippen MR) is 91.3 cm³/mol. The molecule has 8 heteroatoms. The van der Waals surface area contributed by atoms with Crippen LogP contribution in [0.25, 0.3) is 11.3 Å². The number of alkyl halides is 3. The molecule has 4 nitrogen and oxygen atoms in total. The Morgan fingerprint density at radius 2 is 1.85 bits per heavy atom. The summed E-state index contributed by atoms with van der Waals surface area (Å²) in [5.41, 5.74) is 0.705. The van der Waals surface area contributed by atoms with Gasteiger partial charge < -0.3 is 5.32 Å². The van der Waals surface area contributed by atoms with E-state index in [1.54, 1.807) is 6.92 Å². The Balaban J connectivity index is 1.80. The van der Waals surface area contributed by atoms with Gasteiger partial charge in [0.15, 0.2) is 0 Å². The average Bonchev–Trinajstić information content (AvgIpc) is 3.11. The van der Waals surface area contributed by atoms with E-state index in [0.29, 0.717) is 16.8 Å². The van der Waals surface area contributed by atoms with Crippen LogP contribution >= 0.6 is 0 Å². The Hall–Kier alpha value is -3.16. The van der Waals surface area contributed by atoms with Crippen molar-refractivity contribution < 1.29 is 22.4 Å². The summed E-state index contributed by atoms with van der Waals surface area (Å²) in [6.45, 7) is 1.59. The molecule has 3 rings (SSSR count). The zero-order valence-corrected chi connectivity index (χ0v) is 14.1. The van der Waals surface area contributed by atoms with E-state index in [1.165, 1.54) is 42.6 Å². The van der Waals surface area contributed by atoms with E-state index in [-0.39, 0.29) is 5.56 Å². The number of hydrogen-bond donors (Lipinski definition) is 2. The predicted octanol–water partition coefficient (Wildman–Crippen LogP) is 4.73. The van der Waals surface area contributed by atoms with Gasteiger partial charge >= 0.3 is 6.18 Å². The Morgan fingerprint density at radius 3 is 2.52 bits per heavy atom. The van der Waals surface area contributed by atoms with Crippen LogP contribution in [-0.2, 0) is 6.18 Å². The van der Waals surface area contributed by atoms with Crippen molar-refractivity contribution >= 4 is 5.91 Å². The number of H-pyrrole nitrogens is 1. The molecule has 2 N–H and O–H groups in total. The fourth-order valence-corrected chi connectivity index (χ4v) is 2.64. The molecule has 0 spiro atoms. The second kappa shape index (κ2) is 7.22. The summed E-state index contributed by atoms with van der Waals surface area (Å²) in [5, 5.41) is 9.18. The summed E-state index contributed by atoms with van der Waals surface area (Å²) < 4.78 is 51.7. The second-order valence-corrected chi connectivity index (χ2v) is 5.98. The van der Waals surface area contributed by atoms with Crippen LogP contribution in [0.3, 0.4) is 0 Å². The summed E-state index contributed by atoms with van der Waals surface area (Å²) in [5.74, 6) is -0.921. The highest BCUT2D eigenvalue weighted by Gasteiger charge is 2.30. The monoisotopic (exact) mass is 377 g/mol. The molecule has 2 aromatic carbocycles. The van der Waals surface area contributed by atoms with E-state index in [2.05, 4.69) is 15.5 Å². The van der Waals surface area contributed by atoms with Gasteiger partial charge in [-0.05, 0) is 48.9 Å². The fraction of sp³-hybridized carbons (Fsp3) is 0.158. The number of benzene rings is 2. The highest BCUT2D eigenvalue weighted by atomic mass is 19.4. The van der Waals surface area contributed by atoms with Gasteiger partial charge in [-0.2, -0.15) is 18.3 Å². The molecule has 0 aliphatic carbocycles. The molecule has 1 atom stereocenters. The van der Waals surface area contributed by atoms with E-state index in [4.69, 9.17) is 0 Å². The van der Waals surface area contributed by atoms with Crippen LogP contribution in [0.4, 0.5) is 17.6 Å². The Kier molecular flexibility index (Phi) is 4.98. The maximum Gasteiger partial charge on any atom is 0.416 e. The maximum absolute atomic E-state index is 13.1. The number of hydrogen-bond acceptors (Lipinski definition) is 2. The highest BCUT2D eigenvalue weighted by Crippen LogP contribution is 2.31. The average molecular weight is 377 g/mol. The summed E-state index contributed by atoms with van der Waals surface area (Å²) in [4.78, 5) is 12.6. The third-order valence-corrected chi connectivity index (χ3v) is 4.08. The quantitative estimate of drug-likeness (QED) is 0.646. The largest absolute Gasteiger partial charge is 0.416 e. The van der Waals surface area contributed by atoms with Crippen LogP contribution < -0.4 is 5.32 Å². The zero-order chi connectivity index (χ0) is 19.6. The number of nitrogens with one attached hydrogen (secondary N) is 2. The molecular weight excluding hydrogens is 362 g/mol. The number of rotatable bonds is 4. The number of aromatic nitrogens is 2. The Bertz CT molecular complexity index is 948. The lowest BCUT2D eigenvalue weighted by Crippen LogP contribution is -2.27. The number of carbonyl (C=O) groups excluding carboxylic acids is 1. The van der Waals surface area contributed by atoms with E-state index in [0.717, 1.165) is 12.1 Å². The van der Waals surface area contributed by atoms with E-state index >= 15 is 0 Å². The molecule has 0 unspecified atom stereocenters. The third-order valence-electron chi connectivity index (χ3n) is 4.08. The summed E-state index contributed by atoms with van der Waals surface area (Å²) in [7, 11) is 0. The van der Waals surface area contributed by atoms with E-state index in [9.17, 15) is 22.4 Å². The lowest BCUT2D eigenvalue weighted by molar-refractivity contribution is -0.137. The highest BCUT2D eigenvalue weighted by molar-refractivity contribution is 5.99. The molecule has 140 valence electrons. The van der Waals surface area contributed by atoms with Crippen molar-refractivity contribution in [2.45, 2.75) is 19.1 Å². The Morgan fingerprint density at radius 1 is 1.15 bits per heavy atom. The lowest BCUT2D eigenvalue weighted by Gasteiger charge is -2.16. The number of nitrogens with zero attached hydrogens (tertiary/aromatic N) is 1. The summed E-state index contributed by atoms with van der Waals surface area (Å²) in [6.07, 6.45) is -3.15. The molecule has 0 saturated carbocycles. The third kappa shape index (κ3) is 4.16. The van der Waals surface area contributed by atoms with Crippen molar-refractivity contribution in [1.29, 1.82) is 0 Å². The minimum atomic E-state index is -4.46. The van der Waals surface area contributed by atoms with Gasteiger partial charge in [-0.3, -0.25) is 9.89 Å². The minimum absolute atomic E-state index is 0.209. The van der Waals surface area contributed by atoms with Gasteiger partial charge in [0.05, 0.1) is 29.1 Å². The SMILES string of the molecule is C[C@@H](NC(=O)c1cn[nH]c1-c1ccc(F)cc1)c1cccc(C(F)(F)F)c1. The van der Waals surface area contributed by atoms with E-state index < -0.39 is 29.5 Å². The second-order valence-electron chi connectivity index (χ2n) is 5.98. The number of halogens is 4. The van der Waals surface area contributed by atoms with Crippen LogP contribution in [0.2, 0.25) is 0 Å². The smallest absolute Gasteiger partial charge is 0.345 e. The molecule has 1 heterocycles.